The maximum atomic E-state index is 13.6. The zero-order chi connectivity index (χ0) is 15.7. The summed E-state index contributed by atoms with van der Waals surface area (Å²) in [5, 5.41) is 11.6. The van der Waals surface area contributed by atoms with Crippen LogP contribution in [0.25, 0.3) is 0 Å². The third-order valence-corrected chi connectivity index (χ3v) is 4.15. The number of hydrogen-bond acceptors (Lipinski definition) is 3. The fraction of sp³-hybridized carbons (Fsp3) is 0.438. The first-order valence-electron chi connectivity index (χ1n) is 7.41. The molecule has 0 radical (unpaired) electrons. The van der Waals surface area contributed by atoms with E-state index in [0.717, 1.165) is 19.3 Å². The van der Waals surface area contributed by atoms with Crippen molar-refractivity contribution in [2.24, 2.45) is 5.92 Å². The summed E-state index contributed by atoms with van der Waals surface area (Å²) in [5.41, 5.74) is -0.0351. The van der Waals surface area contributed by atoms with E-state index in [2.05, 4.69) is 5.32 Å². The Kier molecular flexibility index (Phi) is 3.80. The van der Waals surface area contributed by atoms with Gasteiger partial charge in [0.15, 0.2) is 0 Å². The second kappa shape index (κ2) is 5.76. The Morgan fingerprint density at radius 2 is 2.09 bits per heavy atom. The number of rotatable bonds is 3. The first-order valence-corrected chi connectivity index (χ1v) is 7.41. The Hall–Kier alpha value is -2.42. The van der Waals surface area contributed by atoms with E-state index in [9.17, 15) is 14.0 Å². The number of nitriles is 1. The summed E-state index contributed by atoms with van der Waals surface area (Å²) in [6.45, 7) is 0.585. The van der Waals surface area contributed by atoms with Crippen LogP contribution in [0.15, 0.2) is 18.2 Å². The van der Waals surface area contributed by atoms with Crippen LogP contribution in [0.2, 0.25) is 0 Å². The minimum Gasteiger partial charge on any atom is -0.330 e. The van der Waals surface area contributed by atoms with Gasteiger partial charge in [-0.2, -0.15) is 5.26 Å². The van der Waals surface area contributed by atoms with Crippen molar-refractivity contribution in [1.82, 2.24) is 4.90 Å². The van der Waals surface area contributed by atoms with Gasteiger partial charge in [-0.05, 0) is 37.8 Å². The van der Waals surface area contributed by atoms with Crippen LogP contribution in [0.5, 0.6) is 0 Å². The van der Waals surface area contributed by atoms with Crippen molar-refractivity contribution in [3.8, 4) is 6.07 Å². The van der Waals surface area contributed by atoms with Gasteiger partial charge in [0.25, 0.3) is 0 Å². The van der Waals surface area contributed by atoms with Gasteiger partial charge in [-0.15, -0.1) is 0 Å². The van der Waals surface area contributed by atoms with E-state index in [4.69, 9.17) is 5.26 Å². The number of amides is 2. The molecule has 2 aliphatic rings. The van der Waals surface area contributed by atoms with Crippen LogP contribution in [0.4, 0.5) is 10.1 Å². The molecular formula is C16H16FN3O2. The first kappa shape index (κ1) is 14.5. The number of nitrogens with one attached hydrogen (secondary N) is 1. The zero-order valence-corrected chi connectivity index (χ0v) is 12.0. The van der Waals surface area contributed by atoms with Gasteiger partial charge in [0.2, 0.25) is 11.8 Å². The summed E-state index contributed by atoms with van der Waals surface area (Å²) in [4.78, 5) is 26.2. The monoisotopic (exact) mass is 301 g/mol. The number of anilines is 1. The molecule has 1 saturated carbocycles. The number of nitrogens with zero attached hydrogens (tertiary/aromatic N) is 2. The molecule has 1 aliphatic carbocycles. The molecule has 0 spiro atoms. The Labute approximate surface area is 127 Å². The summed E-state index contributed by atoms with van der Waals surface area (Å²) >= 11 is 0. The summed E-state index contributed by atoms with van der Waals surface area (Å²) < 4.78 is 13.6. The van der Waals surface area contributed by atoms with E-state index in [1.807, 2.05) is 0 Å². The van der Waals surface area contributed by atoms with Gasteiger partial charge in [-0.3, -0.25) is 9.59 Å². The van der Waals surface area contributed by atoms with E-state index >= 15 is 0 Å². The average molecular weight is 301 g/mol. The van der Waals surface area contributed by atoms with E-state index in [1.165, 1.54) is 18.2 Å². The SMILES string of the molecule is N#Cc1c(F)cccc1NC(=O)[C@@H]1CCCN1C(=O)C1CC1. The predicted molar refractivity (Wildman–Crippen MR) is 77.2 cm³/mol. The molecule has 1 aromatic rings. The number of carbonyl (C=O) groups is 2. The minimum absolute atomic E-state index is 0.0393. The second-order valence-electron chi connectivity index (χ2n) is 5.73. The third-order valence-electron chi connectivity index (χ3n) is 4.15. The standard InChI is InChI=1S/C16H16FN3O2/c17-12-3-1-4-13(11(12)9-18)19-15(21)14-5-2-8-20(14)16(22)10-6-7-10/h1,3-4,10,14H,2,5-8H2,(H,19,21)/t14-/m0/s1. The zero-order valence-electron chi connectivity index (χ0n) is 12.0. The largest absolute Gasteiger partial charge is 0.330 e. The van der Waals surface area contributed by atoms with Gasteiger partial charge in [0.05, 0.1) is 5.69 Å². The molecule has 1 aliphatic heterocycles. The van der Waals surface area contributed by atoms with Crippen molar-refractivity contribution in [3.63, 3.8) is 0 Å². The lowest BCUT2D eigenvalue weighted by Gasteiger charge is -2.24. The molecule has 0 unspecified atom stereocenters. The van der Waals surface area contributed by atoms with E-state index in [0.29, 0.717) is 13.0 Å². The number of hydrogen-bond donors (Lipinski definition) is 1. The van der Waals surface area contributed by atoms with Gasteiger partial charge in [-0.1, -0.05) is 6.07 Å². The average Bonchev–Trinajstić information content (AvgIpc) is 3.23. The van der Waals surface area contributed by atoms with Crippen LogP contribution >= 0.6 is 0 Å². The van der Waals surface area contributed by atoms with Gasteiger partial charge in [0.1, 0.15) is 23.5 Å². The van der Waals surface area contributed by atoms with Crippen molar-refractivity contribution >= 4 is 17.5 Å². The fourth-order valence-electron chi connectivity index (χ4n) is 2.83. The highest BCUT2D eigenvalue weighted by Crippen LogP contribution is 2.34. The van der Waals surface area contributed by atoms with Crippen LogP contribution in [-0.2, 0) is 9.59 Å². The first-order chi connectivity index (χ1) is 10.6. The van der Waals surface area contributed by atoms with E-state index in [-0.39, 0.29) is 29.0 Å². The molecule has 1 saturated heterocycles. The smallest absolute Gasteiger partial charge is 0.247 e. The highest BCUT2D eigenvalue weighted by Gasteiger charge is 2.40. The topological polar surface area (TPSA) is 73.2 Å². The molecule has 5 nitrogen and oxygen atoms in total. The maximum absolute atomic E-state index is 13.6. The van der Waals surface area contributed by atoms with Crippen molar-refractivity contribution in [3.05, 3.63) is 29.6 Å². The van der Waals surface area contributed by atoms with Crippen LogP contribution in [0.3, 0.4) is 0 Å². The van der Waals surface area contributed by atoms with Gasteiger partial charge >= 0.3 is 0 Å². The van der Waals surface area contributed by atoms with Crippen molar-refractivity contribution in [1.29, 1.82) is 5.26 Å². The molecule has 1 N–H and O–H groups in total. The fourth-order valence-corrected chi connectivity index (χ4v) is 2.83. The highest BCUT2D eigenvalue weighted by molar-refractivity contribution is 5.98. The molecule has 2 amide bonds. The van der Waals surface area contributed by atoms with Gasteiger partial charge in [-0.25, -0.2) is 4.39 Å². The lowest BCUT2D eigenvalue weighted by Crippen LogP contribution is -2.43. The number of likely N-dealkylation sites (tertiary alicyclic amines) is 1. The summed E-state index contributed by atoms with van der Waals surface area (Å²) in [5.74, 6) is -0.916. The third kappa shape index (κ3) is 2.67. The molecule has 1 aromatic carbocycles. The minimum atomic E-state index is -0.669. The molecule has 1 heterocycles. The Bertz CT molecular complexity index is 664. The number of benzene rings is 1. The van der Waals surface area contributed by atoms with Crippen molar-refractivity contribution in [2.75, 3.05) is 11.9 Å². The van der Waals surface area contributed by atoms with Gasteiger partial charge in [0, 0.05) is 12.5 Å². The van der Waals surface area contributed by atoms with Crippen molar-refractivity contribution < 1.29 is 14.0 Å². The van der Waals surface area contributed by atoms with Crippen LogP contribution in [0.1, 0.15) is 31.2 Å². The second-order valence-corrected chi connectivity index (χ2v) is 5.73. The lowest BCUT2D eigenvalue weighted by atomic mass is 10.1. The van der Waals surface area contributed by atoms with E-state index in [1.54, 1.807) is 11.0 Å². The number of halogens is 1. The quantitative estimate of drug-likeness (QED) is 0.928. The van der Waals surface area contributed by atoms with Crippen molar-refractivity contribution in [2.45, 2.75) is 31.7 Å². The maximum Gasteiger partial charge on any atom is 0.247 e. The summed E-state index contributed by atoms with van der Waals surface area (Å²) in [6.07, 6.45) is 3.17. The van der Waals surface area contributed by atoms with Crippen LogP contribution in [-0.4, -0.2) is 29.3 Å². The molecular weight excluding hydrogens is 285 g/mol. The molecule has 6 heteroatoms. The highest BCUT2D eigenvalue weighted by atomic mass is 19.1. The Morgan fingerprint density at radius 1 is 1.32 bits per heavy atom. The van der Waals surface area contributed by atoms with Crippen LogP contribution in [0, 0.1) is 23.1 Å². The molecule has 0 aromatic heterocycles. The molecule has 0 bridgehead atoms. The molecule has 3 rings (SSSR count). The normalized spacial score (nSPS) is 20.5. The number of carbonyl (C=O) groups excluding carboxylic acids is 2. The molecule has 2 fully saturated rings. The van der Waals surface area contributed by atoms with Gasteiger partial charge < -0.3 is 10.2 Å². The Balaban J connectivity index is 1.75. The molecule has 1 atom stereocenters. The Morgan fingerprint density at radius 3 is 2.77 bits per heavy atom. The van der Waals surface area contributed by atoms with Crippen LogP contribution < -0.4 is 5.32 Å². The lowest BCUT2D eigenvalue weighted by molar-refractivity contribution is -0.137. The molecule has 22 heavy (non-hydrogen) atoms. The summed E-state index contributed by atoms with van der Waals surface area (Å²) in [6, 6.07) is 5.33. The predicted octanol–water partition coefficient (Wildman–Crippen LogP) is 2.04. The summed E-state index contributed by atoms with van der Waals surface area (Å²) in [7, 11) is 0. The van der Waals surface area contributed by atoms with E-state index < -0.39 is 11.9 Å². The molecule has 114 valence electrons.